The Morgan fingerprint density at radius 1 is 1.24 bits per heavy atom. The summed E-state index contributed by atoms with van der Waals surface area (Å²) in [6.45, 7) is 1.42. The molecular formula is C16H20N2O3. The molecule has 0 unspecified atom stereocenters. The van der Waals surface area contributed by atoms with Crippen molar-refractivity contribution in [2.75, 3.05) is 13.2 Å². The smallest absolute Gasteiger partial charge is 0.250 e. The fourth-order valence-electron chi connectivity index (χ4n) is 2.80. The van der Waals surface area contributed by atoms with Crippen LogP contribution in [0.15, 0.2) is 36.4 Å². The molecule has 0 aromatic carbocycles. The van der Waals surface area contributed by atoms with Crippen LogP contribution in [-0.2, 0) is 14.3 Å². The molecule has 5 nitrogen and oxygen atoms in total. The molecule has 21 heavy (non-hydrogen) atoms. The Hall–Kier alpha value is -1.88. The van der Waals surface area contributed by atoms with Crippen LogP contribution in [0.4, 0.5) is 0 Å². The number of carbonyl (C=O) groups is 1. The number of nitrogens with one attached hydrogen (secondary N) is 1. The van der Waals surface area contributed by atoms with Gasteiger partial charge in [-0.2, -0.15) is 0 Å². The normalized spacial score (nSPS) is 25.6. The van der Waals surface area contributed by atoms with Crippen LogP contribution in [0.2, 0.25) is 0 Å². The van der Waals surface area contributed by atoms with Gasteiger partial charge in [0, 0.05) is 19.0 Å². The van der Waals surface area contributed by atoms with Crippen LogP contribution in [0.25, 0.3) is 0 Å². The average Bonchev–Trinajstić information content (AvgIpc) is 2.57. The zero-order valence-corrected chi connectivity index (χ0v) is 12.0. The Kier molecular flexibility index (Phi) is 4.50. The molecule has 0 saturated carbocycles. The topological polar surface area (TPSA) is 60.5 Å². The molecule has 5 heteroatoms. The minimum atomic E-state index is -0.101. The molecule has 2 aliphatic heterocycles. The summed E-state index contributed by atoms with van der Waals surface area (Å²) in [4.78, 5) is 16.3. The van der Waals surface area contributed by atoms with Gasteiger partial charge in [-0.05, 0) is 43.4 Å². The predicted octanol–water partition coefficient (Wildman–Crippen LogP) is 2.11. The van der Waals surface area contributed by atoms with Crippen molar-refractivity contribution in [2.24, 2.45) is 0 Å². The maximum Gasteiger partial charge on any atom is 0.250 e. The van der Waals surface area contributed by atoms with Crippen molar-refractivity contribution in [3.8, 4) is 0 Å². The largest absolute Gasteiger partial charge is 0.501 e. The van der Waals surface area contributed by atoms with E-state index in [4.69, 9.17) is 9.47 Å². The lowest BCUT2D eigenvalue weighted by molar-refractivity contribution is -0.121. The van der Waals surface area contributed by atoms with Gasteiger partial charge in [0.1, 0.15) is 6.10 Å². The lowest BCUT2D eigenvalue weighted by Crippen LogP contribution is -2.43. The summed E-state index contributed by atoms with van der Waals surface area (Å²) >= 11 is 0. The molecule has 1 saturated heterocycles. The molecule has 0 aliphatic carbocycles. The third-order valence-corrected chi connectivity index (χ3v) is 3.90. The van der Waals surface area contributed by atoms with Gasteiger partial charge >= 0.3 is 0 Å². The zero-order chi connectivity index (χ0) is 14.5. The van der Waals surface area contributed by atoms with E-state index in [1.807, 2.05) is 12.1 Å². The first kappa shape index (κ1) is 14.1. The van der Waals surface area contributed by atoms with E-state index in [-0.39, 0.29) is 18.1 Å². The van der Waals surface area contributed by atoms with Crippen molar-refractivity contribution in [1.82, 2.24) is 10.3 Å². The molecule has 3 rings (SSSR count). The van der Waals surface area contributed by atoms with Crippen LogP contribution in [0.3, 0.4) is 0 Å². The molecule has 112 valence electrons. The van der Waals surface area contributed by atoms with Crippen LogP contribution in [-0.4, -0.2) is 30.1 Å². The number of pyridine rings is 1. The number of amides is 1. The minimum Gasteiger partial charge on any atom is -0.501 e. The number of hydrogen-bond acceptors (Lipinski definition) is 4. The first-order valence-corrected chi connectivity index (χ1v) is 7.47. The predicted molar refractivity (Wildman–Crippen MR) is 77.4 cm³/mol. The SMILES string of the molecule is O=C(N[C@H]1CCCO[C@@H]1c1ccncc1)C1=COCCC1. The fourth-order valence-corrected chi connectivity index (χ4v) is 2.80. The number of nitrogens with zero attached hydrogens (tertiary/aromatic N) is 1. The zero-order valence-electron chi connectivity index (χ0n) is 12.0. The summed E-state index contributed by atoms with van der Waals surface area (Å²) in [7, 11) is 0. The van der Waals surface area contributed by atoms with E-state index in [1.165, 1.54) is 0 Å². The van der Waals surface area contributed by atoms with Gasteiger partial charge in [-0.3, -0.25) is 9.78 Å². The van der Waals surface area contributed by atoms with Crippen molar-refractivity contribution < 1.29 is 14.3 Å². The Bertz CT molecular complexity index is 516. The lowest BCUT2D eigenvalue weighted by Gasteiger charge is -2.33. The van der Waals surface area contributed by atoms with Gasteiger partial charge in [-0.1, -0.05) is 0 Å². The fraction of sp³-hybridized carbons (Fsp3) is 0.500. The van der Waals surface area contributed by atoms with Gasteiger partial charge in [0.15, 0.2) is 0 Å². The maximum absolute atomic E-state index is 12.3. The first-order chi connectivity index (χ1) is 10.3. The molecule has 1 amide bonds. The maximum atomic E-state index is 12.3. The molecule has 2 atom stereocenters. The van der Waals surface area contributed by atoms with Crippen molar-refractivity contribution in [2.45, 2.75) is 37.8 Å². The van der Waals surface area contributed by atoms with Crippen molar-refractivity contribution in [3.63, 3.8) is 0 Å². The van der Waals surface area contributed by atoms with Crippen LogP contribution in [0, 0.1) is 0 Å². The van der Waals surface area contributed by atoms with Crippen LogP contribution >= 0.6 is 0 Å². The Morgan fingerprint density at radius 2 is 2.10 bits per heavy atom. The number of hydrogen-bond donors (Lipinski definition) is 1. The Morgan fingerprint density at radius 3 is 2.86 bits per heavy atom. The van der Waals surface area contributed by atoms with Gasteiger partial charge in [0.25, 0.3) is 5.91 Å². The van der Waals surface area contributed by atoms with Gasteiger partial charge in [0.2, 0.25) is 0 Å². The van der Waals surface area contributed by atoms with Crippen LogP contribution in [0.1, 0.15) is 37.4 Å². The van der Waals surface area contributed by atoms with E-state index in [2.05, 4.69) is 10.3 Å². The number of aromatic nitrogens is 1. The molecule has 1 aromatic heterocycles. The van der Waals surface area contributed by atoms with Crippen molar-refractivity contribution in [1.29, 1.82) is 0 Å². The third-order valence-electron chi connectivity index (χ3n) is 3.90. The van der Waals surface area contributed by atoms with E-state index in [0.29, 0.717) is 6.61 Å². The molecule has 1 N–H and O–H groups in total. The summed E-state index contributed by atoms with van der Waals surface area (Å²) in [5.41, 5.74) is 1.78. The number of carbonyl (C=O) groups excluding carboxylic acids is 1. The molecule has 1 aromatic rings. The molecular weight excluding hydrogens is 268 g/mol. The first-order valence-electron chi connectivity index (χ1n) is 7.47. The minimum absolute atomic E-state index is 0.00326. The number of ether oxygens (including phenoxy) is 2. The monoisotopic (exact) mass is 288 g/mol. The van der Waals surface area contributed by atoms with Crippen LogP contribution < -0.4 is 5.32 Å². The highest BCUT2D eigenvalue weighted by atomic mass is 16.5. The van der Waals surface area contributed by atoms with Gasteiger partial charge in [-0.25, -0.2) is 0 Å². The molecule has 0 radical (unpaired) electrons. The van der Waals surface area contributed by atoms with Gasteiger partial charge < -0.3 is 14.8 Å². The lowest BCUT2D eigenvalue weighted by atomic mass is 9.96. The third kappa shape index (κ3) is 3.42. The van der Waals surface area contributed by atoms with Gasteiger partial charge in [-0.15, -0.1) is 0 Å². The van der Waals surface area contributed by atoms with Crippen molar-refractivity contribution in [3.05, 3.63) is 41.9 Å². The summed E-state index contributed by atoms with van der Waals surface area (Å²) in [6, 6.07) is 3.88. The Labute approximate surface area is 124 Å². The highest BCUT2D eigenvalue weighted by Gasteiger charge is 2.29. The molecule has 1 fully saturated rings. The molecule has 0 spiro atoms. The standard InChI is InChI=1S/C16H20N2O3/c19-16(13-3-1-9-20-11-13)18-14-4-2-10-21-15(14)12-5-7-17-8-6-12/h5-8,11,14-15H,1-4,9-10H2,(H,18,19)/t14-,15+/m0/s1. The van der Waals surface area contributed by atoms with Crippen molar-refractivity contribution >= 4 is 5.91 Å². The second kappa shape index (κ2) is 6.72. The summed E-state index contributed by atoms with van der Waals surface area (Å²) in [6.07, 6.45) is 8.55. The second-order valence-corrected chi connectivity index (χ2v) is 5.41. The van der Waals surface area contributed by atoms with Crippen LogP contribution in [0.5, 0.6) is 0 Å². The average molecular weight is 288 g/mol. The van der Waals surface area contributed by atoms with E-state index >= 15 is 0 Å². The quantitative estimate of drug-likeness (QED) is 0.925. The molecule has 2 aliphatic rings. The van der Waals surface area contributed by atoms with Gasteiger partial charge in [0.05, 0.1) is 24.5 Å². The summed E-state index contributed by atoms with van der Waals surface area (Å²) in [5, 5.41) is 3.10. The highest BCUT2D eigenvalue weighted by molar-refractivity contribution is 5.93. The second-order valence-electron chi connectivity index (χ2n) is 5.41. The Balaban J connectivity index is 1.70. The van der Waals surface area contributed by atoms with E-state index in [0.717, 1.165) is 43.4 Å². The van der Waals surface area contributed by atoms with E-state index < -0.39 is 0 Å². The molecule has 3 heterocycles. The van der Waals surface area contributed by atoms with E-state index in [1.54, 1.807) is 18.7 Å². The summed E-state index contributed by atoms with van der Waals surface area (Å²) < 4.78 is 11.1. The summed E-state index contributed by atoms with van der Waals surface area (Å²) in [5.74, 6) is -0.0377. The highest BCUT2D eigenvalue weighted by Crippen LogP contribution is 2.28. The molecule has 0 bridgehead atoms. The van der Waals surface area contributed by atoms with E-state index in [9.17, 15) is 4.79 Å². The number of rotatable bonds is 3.